The van der Waals surface area contributed by atoms with Crippen LogP contribution in [-0.2, 0) is 9.59 Å². The first kappa shape index (κ1) is 17.1. The summed E-state index contributed by atoms with van der Waals surface area (Å²) in [5, 5.41) is 6.44. The van der Waals surface area contributed by atoms with Gasteiger partial charge in [-0.25, -0.2) is 0 Å². The quantitative estimate of drug-likeness (QED) is 0.771. The second-order valence-electron chi connectivity index (χ2n) is 6.10. The normalized spacial score (nSPS) is 15.5. The molecule has 0 unspecified atom stereocenters. The molecule has 2 N–H and O–H groups in total. The molecule has 6 heteroatoms. The van der Waals surface area contributed by atoms with Crippen molar-refractivity contribution < 1.29 is 9.59 Å². The predicted octanol–water partition coefficient (Wildman–Crippen LogP) is 3.87. The molecule has 0 heterocycles. The van der Waals surface area contributed by atoms with Crippen LogP contribution in [0, 0.1) is 11.3 Å². The van der Waals surface area contributed by atoms with Gasteiger partial charge in [-0.2, -0.15) is 0 Å². The molecule has 0 bridgehead atoms. The van der Waals surface area contributed by atoms with E-state index in [1.807, 2.05) is 0 Å². The first-order valence-corrected chi connectivity index (χ1v) is 8.15. The molecule has 0 saturated heterocycles. The van der Waals surface area contributed by atoms with Crippen LogP contribution >= 0.6 is 23.2 Å². The highest BCUT2D eigenvalue weighted by Gasteiger charge is 2.56. The van der Waals surface area contributed by atoms with Crippen molar-refractivity contribution in [2.75, 3.05) is 11.9 Å². The smallest absolute Gasteiger partial charge is 0.240 e. The first-order valence-electron chi connectivity index (χ1n) is 7.40. The number of anilines is 1. The number of carbonyl (C=O) groups excluding carboxylic acids is 2. The third-order valence-electron chi connectivity index (χ3n) is 3.81. The van der Waals surface area contributed by atoms with E-state index in [9.17, 15) is 9.59 Å². The van der Waals surface area contributed by atoms with Gasteiger partial charge < -0.3 is 10.6 Å². The minimum atomic E-state index is -0.944. The summed E-state index contributed by atoms with van der Waals surface area (Å²) in [6, 6.07) is 4.83. The molecule has 22 heavy (non-hydrogen) atoms. The van der Waals surface area contributed by atoms with E-state index in [0.29, 0.717) is 41.0 Å². The van der Waals surface area contributed by atoms with Crippen molar-refractivity contribution in [1.82, 2.24) is 5.32 Å². The molecule has 1 aromatic rings. The van der Waals surface area contributed by atoms with Crippen LogP contribution in [0.15, 0.2) is 18.2 Å². The van der Waals surface area contributed by atoms with Crippen LogP contribution in [0.4, 0.5) is 5.69 Å². The number of halogens is 2. The topological polar surface area (TPSA) is 58.2 Å². The first-order chi connectivity index (χ1) is 10.3. The van der Waals surface area contributed by atoms with Gasteiger partial charge in [0.25, 0.3) is 0 Å². The Morgan fingerprint density at radius 1 is 1.23 bits per heavy atom. The monoisotopic (exact) mass is 342 g/mol. The summed E-state index contributed by atoms with van der Waals surface area (Å²) >= 11 is 11.9. The van der Waals surface area contributed by atoms with Gasteiger partial charge in [-0.05, 0) is 43.4 Å². The van der Waals surface area contributed by atoms with Crippen LogP contribution in [0.2, 0.25) is 10.0 Å². The van der Waals surface area contributed by atoms with Crippen molar-refractivity contribution in [3.8, 4) is 0 Å². The van der Waals surface area contributed by atoms with Crippen LogP contribution in [0.3, 0.4) is 0 Å². The van der Waals surface area contributed by atoms with Crippen molar-refractivity contribution in [3.63, 3.8) is 0 Å². The van der Waals surface area contributed by atoms with E-state index in [1.54, 1.807) is 18.2 Å². The minimum absolute atomic E-state index is 0.198. The molecule has 1 aromatic carbocycles. The summed E-state index contributed by atoms with van der Waals surface area (Å²) in [5.74, 6) is 0.00617. The maximum absolute atomic E-state index is 12.4. The van der Waals surface area contributed by atoms with Crippen LogP contribution in [-0.4, -0.2) is 18.4 Å². The lowest BCUT2D eigenvalue weighted by atomic mass is 10.0. The minimum Gasteiger partial charge on any atom is -0.355 e. The lowest BCUT2D eigenvalue weighted by Crippen LogP contribution is -2.40. The summed E-state index contributed by atoms with van der Waals surface area (Å²) in [4.78, 5) is 24.7. The molecule has 0 aromatic heterocycles. The van der Waals surface area contributed by atoms with E-state index in [1.165, 1.54) is 0 Å². The molecule has 2 rings (SSSR count). The number of rotatable bonds is 6. The second-order valence-corrected chi connectivity index (χ2v) is 6.94. The zero-order valence-corrected chi connectivity index (χ0v) is 14.2. The van der Waals surface area contributed by atoms with E-state index in [0.717, 1.165) is 6.42 Å². The van der Waals surface area contributed by atoms with E-state index >= 15 is 0 Å². The Hall–Kier alpha value is -1.26. The Bertz CT molecular complexity index is 584. The van der Waals surface area contributed by atoms with Gasteiger partial charge >= 0.3 is 0 Å². The number of nitrogens with one attached hydrogen (secondary N) is 2. The molecule has 1 aliphatic carbocycles. The summed E-state index contributed by atoms with van der Waals surface area (Å²) in [7, 11) is 0. The maximum atomic E-state index is 12.4. The zero-order chi connectivity index (χ0) is 16.3. The van der Waals surface area contributed by atoms with E-state index < -0.39 is 5.41 Å². The van der Waals surface area contributed by atoms with Gasteiger partial charge in [0.1, 0.15) is 5.41 Å². The molecule has 0 aliphatic heterocycles. The SMILES string of the molecule is CC(C)CCNC(=O)C1(C(=O)Nc2ccc(Cl)cc2Cl)CC1. The number of benzene rings is 1. The molecule has 0 radical (unpaired) electrons. The summed E-state index contributed by atoms with van der Waals surface area (Å²) in [6.07, 6.45) is 2.03. The summed E-state index contributed by atoms with van der Waals surface area (Å²) in [5.41, 5.74) is -0.475. The molecule has 0 atom stereocenters. The molecule has 4 nitrogen and oxygen atoms in total. The fourth-order valence-corrected chi connectivity index (χ4v) is 2.61. The summed E-state index contributed by atoms with van der Waals surface area (Å²) in [6.45, 7) is 4.77. The summed E-state index contributed by atoms with van der Waals surface area (Å²) < 4.78 is 0. The van der Waals surface area contributed by atoms with E-state index in [4.69, 9.17) is 23.2 Å². The molecule has 2 amide bonds. The highest BCUT2D eigenvalue weighted by Crippen LogP contribution is 2.47. The lowest BCUT2D eigenvalue weighted by molar-refractivity contribution is -0.134. The molecule has 0 spiro atoms. The van der Waals surface area contributed by atoms with E-state index in [2.05, 4.69) is 24.5 Å². The molecule has 1 fully saturated rings. The van der Waals surface area contributed by atoms with Gasteiger partial charge in [-0.15, -0.1) is 0 Å². The average Bonchev–Trinajstić information content (AvgIpc) is 3.23. The largest absolute Gasteiger partial charge is 0.355 e. The van der Waals surface area contributed by atoms with Crippen molar-refractivity contribution >= 4 is 40.7 Å². The molecule has 120 valence electrons. The zero-order valence-electron chi connectivity index (χ0n) is 12.7. The number of hydrogen-bond acceptors (Lipinski definition) is 2. The Labute approximate surface area is 140 Å². The lowest BCUT2D eigenvalue weighted by Gasteiger charge is -2.16. The number of amides is 2. The Morgan fingerprint density at radius 2 is 1.91 bits per heavy atom. The van der Waals surface area contributed by atoms with Gasteiger partial charge in [0.15, 0.2) is 0 Å². The number of hydrogen-bond donors (Lipinski definition) is 2. The Kier molecular flexibility index (Phi) is 5.35. The molecule has 1 aliphatic rings. The highest BCUT2D eigenvalue weighted by atomic mass is 35.5. The van der Waals surface area contributed by atoms with Gasteiger partial charge in [0.05, 0.1) is 10.7 Å². The van der Waals surface area contributed by atoms with Crippen LogP contribution in [0.25, 0.3) is 0 Å². The van der Waals surface area contributed by atoms with Crippen LogP contribution < -0.4 is 10.6 Å². The third-order valence-corrected chi connectivity index (χ3v) is 4.35. The number of carbonyl (C=O) groups is 2. The predicted molar refractivity (Wildman–Crippen MR) is 89.2 cm³/mol. The van der Waals surface area contributed by atoms with Crippen molar-refractivity contribution in [1.29, 1.82) is 0 Å². The van der Waals surface area contributed by atoms with E-state index in [-0.39, 0.29) is 11.8 Å². The third kappa shape index (κ3) is 3.93. The molecule has 1 saturated carbocycles. The second kappa shape index (κ2) is 6.88. The van der Waals surface area contributed by atoms with Crippen LogP contribution in [0.5, 0.6) is 0 Å². The fraction of sp³-hybridized carbons (Fsp3) is 0.500. The van der Waals surface area contributed by atoms with Crippen LogP contribution in [0.1, 0.15) is 33.1 Å². The van der Waals surface area contributed by atoms with Crippen molar-refractivity contribution in [3.05, 3.63) is 28.2 Å². The average molecular weight is 343 g/mol. The van der Waals surface area contributed by atoms with Gasteiger partial charge in [0.2, 0.25) is 11.8 Å². The Morgan fingerprint density at radius 3 is 2.45 bits per heavy atom. The molecular weight excluding hydrogens is 323 g/mol. The van der Waals surface area contributed by atoms with Gasteiger partial charge in [-0.3, -0.25) is 9.59 Å². The molecular formula is C16H20Cl2N2O2. The Balaban J connectivity index is 1.97. The maximum Gasteiger partial charge on any atom is 0.240 e. The fourth-order valence-electron chi connectivity index (χ4n) is 2.16. The standard InChI is InChI=1S/C16H20Cl2N2O2/c1-10(2)5-8-19-14(21)16(6-7-16)15(22)20-13-4-3-11(17)9-12(13)18/h3-4,9-10H,5-8H2,1-2H3,(H,19,21)(H,20,22). The van der Waals surface area contributed by atoms with Gasteiger partial charge in [0, 0.05) is 11.6 Å². The highest BCUT2D eigenvalue weighted by molar-refractivity contribution is 6.36. The van der Waals surface area contributed by atoms with Gasteiger partial charge in [-0.1, -0.05) is 37.0 Å². The van der Waals surface area contributed by atoms with Crippen molar-refractivity contribution in [2.45, 2.75) is 33.1 Å². The van der Waals surface area contributed by atoms with Crippen molar-refractivity contribution in [2.24, 2.45) is 11.3 Å².